The molecule has 3 aromatic rings. The van der Waals surface area contributed by atoms with Gasteiger partial charge in [0, 0.05) is 23.9 Å². The van der Waals surface area contributed by atoms with Crippen molar-refractivity contribution in [1.82, 2.24) is 25.1 Å². The molecule has 16 heteroatoms. The average molecular weight is 628 g/mol. The lowest BCUT2D eigenvalue weighted by atomic mass is 10.1. The zero-order chi connectivity index (χ0) is 31.1. The van der Waals surface area contributed by atoms with Gasteiger partial charge in [-0.25, -0.2) is 28.2 Å². The lowest BCUT2D eigenvalue weighted by Gasteiger charge is -2.41. The van der Waals surface area contributed by atoms with Gasteiger partial charge in [0.2, 0.25) is 0 Å². The first-order valence-electron chi connectivity index (χ1n) is 13.6. The van der Waals surface area contributed by atoms with Crippen molar-refractivity contribution in [2.75, 3.05) is 36.5 Å². The van der Waals surface area contributed by atoms with Crippen LogP contribution in [0.4, 0.5) is 33.9 Å². The van der Waals surface area contributed by atoms with E-state index in [1.54, 1.807) is 30.3 Å². The molecule has 1 saturated carbocycles. The molecule has 2 amide bonds. The first-order valence-corrected chi connectivity index (χ1v) is 15.2. The Morgan fingerprint density at radius 2 is 1.86 bits per heavy atom. The van der Waals surface area contributed by atoms with Gasteiger partial charge in [-0.15, -0.1) is 0 Å². The molecule has 43 heavy (non-hydrogen) atoms. The van der Waals surface area contributed by atoms with Gasteiger partial charge in [0.05, 0.1) is 42.9 Å². The Morgan fingerprint density at radius 1 is 1.16 bits per heavy atom. The standard InChI is InChI=1S/C27H33F4N7O4S/c1-15-14-42-11-10-37(15)22-12-20(27(8-9-27)43(40,41)23-16(2)36-38(17(23)3)25(30)31)34-24(35-22)18-4-6-19(7-5-18)33-26(39)32-13-21(28)29/h4-7,12,15,21,25,40-41H,8-11,13-14H2,1-3H3,(H2,32,33,39)/t15-/m0/s1. The van der Waals surface area contributed by atoms with E-state index in [4.69, 9.17) is 14.7 Å². The van der Waals surface area contributed by atoms with E-state index in [1.807, 2.05) is 11.8 Å². The molecule has 1 aliphatic heterocycles. The largest absolute Gasteiger partial charge is 0.377 e. The number of urea groups is 1. The van der Waals surface area contributed by atoms with Gasteiger partial charge in [-0.05, 0) is 57.9 Å². The number of hydrogen-bond acceptors (Lipinski definition) is 8. The third-order valence-corrected chi connectivity index (χ3v) is 10.5. The minimum atomic E-state index is -3.70. The molecule has 0 bridgehead atoms. The van der Waals surface area contributed by atoms with Crippen molar-refractivity contribution < 1.29 is 36.2 Å². The summed E-state index contributed by atoms with van der Waals surface area (Å²) in [7, 11) is -3.70. The number of aryl methyl sites for hydroxylation is 1. The van der Waals surface area contributed by atoms with Crippen LogP contribution in [0.15, 0.2) is 35.2 Å². The fraction of sp³-hybridized carbons (Fsp3) is 0.481. The molecule has 1 saturated heterocycles. The van der Waals surface area contributed by atoms with Crippen molar-refractivity contribution in [2.24, 2.45) is 0 Å². The Hall–Kier alpha value is -3.47. The highest BCUT2D eigenvalue weighted by atomic mass is 32.3. The van der Waals surface area contributed by atoms with Crippen LogP contribution in [0.5, 0.6) is 0 Å². The highest BCUT2D eigenvalue weighted by molar-refractivity contribution is 8.25. The van der Waals surface area contributed by atoms with Crippen LogP contribution in [0.25, 0.3) is 11.4 Å². The number of nitrogens with one attached hydrogen (secondary N) is 2. The van der Waals surface area contributed by atoms with E-state index in [2.05, 4.69) is 15.7 Å². The topological polar surface area (TPSA) is 138 Å². The SMILES string of the molecule is Cc1nn(C(F)F)c(C)c1S(O)(O)C1(c2cc(N3CCOC[C@@H]3C)nc(-c3ccc(NC(=O)NCC(F)F)cc3)n2)CC1. The van der Waals surface area contributed by atoms with Gasteiger partial charge in [-0.1, -0.05) is 0 Å². The molecule has 1 atom stereocenters. The molecular weight excluding hydrogens is 594 g/mol. The molecule has 234 valence electrons. The Kier molecular flexibility index (Phi) is 8.57. The van der Waals surface area contributed by atoms with Crippen molar-refractivity contribution in [3.8, 4) is 11.4 Å². The number of amides is 2. The predicted molar refractivity (Wildman–Crippen MR) is 153 cm³/mol. The highest BCUT2D eigenvalue weighted by Gasteiger charge is 2.59. The Balaban J connectivity index is 1.54. The summed E-state index contributed by atoms with van der Waals surface area (Å²) in [6.45, 7) is 2.60. The number of alkyl halides is 4. The van der Waals surface area contributed by atoms with Crippen LogP contribution < -0.4 is 15.5 Å². The van der Waals surface area contributed by atoms with Crippen LogP contribution in [0.2, 0.25) is 0 Å². The molecular formula is C27H33F4N7O4S. The summed E-state index contributed by atoms with van der Waals surface area (Å²) in [5, 5.41) is 8.41. The second kappa shape index (κ2) is 11.9. The molecule has 0 unspecified atom stereocenters. The number of nitrogens with zero attached hydrogens (tertiary/aromatic N) is 5. The number of benzene rings is 1. The van der Waals surface area contributed by atoms with Gasteiger partial charge in [0.1, 0.15) is 15.5 Å². The minimum Gasteiger partial charge on any atom is -0.377 e. The molecule has 0 radical (unpaired) electrons. The molecule has 2 aliphatic rings. The average Bonchev–Trinajstić information content (AvgIpc) is 3.72. The summed E-state index contributed by atoms with van der Waals surface area (Å²) in [6.07, 6.45) is -1.96. The van der Waals surface area contributed by atoms with E-state index in [0.29, 0.717) is 60.0 Å². The summed E-state index contributed by atoms with van der Waals surface area (Å²) in [5.74, 6) is 0.820. The number of rotatable bonds is 9. The van der Waals surface area contributed by atoms with Crippen molar-refractivity contribution in [3.63, 3.8) is 0 Å². The molecule has 3 heterocycles. The van der Waals surface area contributed by atoms with Crippen molar-refractivity contribution in [1.29, 1.82) is 0 Å². The van der Waals surface area contributed by atoms with E-state index in [0.717, 1.165) is 0 Å². The van der Waals surface area contributed by atoms with E-state index in [9.17, 15) is 31.5 Å². The predicted octanol–water partition coefficient (Wildman–Crippen LogP) is 5.76. The number of morpholine rings is 1. The Labute approximate surface area is 247 Å². The zero-order valence-electron chi connectivity index (χ0n) is 23.7. The number of anilines is 2. The summed E-state index contributed by atoms with van der Waals surface area (Å²) in [4.78, 5) is 23.5. The van der Waals surface area contributed by atoms with Crippen molar-refractivity contribution in [3.05, 3.63) is 47.4 Å². The molecule has 4 N–H and O–H groups in total. The van der Waals surface area contributed by atoms with Gasteiger partial charge >= 0.3 is 12.6 Å². The van der Waals surface area contributed by atoms with Crippen LogP contribution in [0, 0.1) is 13.8 Å². The van der Waals surface area contributed by atoms with Crippen LogP contribution in [0.1, 0.15) is 43.4 Å². The Morgan fingerprint density at radius 3 is 2.44 bits per heavy atom. The van der Waals surface area contributed by atoms with Crippen molar-refractivity contribution in [2.45, 2.75) is 62.3 Å². The maximum absolute atomic E-state index is 13.6. The maximum atomic E-state index is 13.6. The molecule has 0 spiro atoms. The van der Waals surface area contributed by atoms with Gasteiger partial charge in [0.15, 0.2) is 5.82 Å². The summed E-state index contributed by atoms with van der Waals surface area (Å²) in [6, 6.07) is 7.33. The van der Waals surface area contributed by atoms with E-state index >= 15 is 0 Å². The minimum absolute atomic E-state index is 0.00713. The van der Waals surface area contributed by atoms with Crippen LogP contribution in [-0.2, 0) is 9.48 Å². The lowest BCUT2D eigenvalue weighted by Crippen LogP contribution is -2.44. The highest BCUT2D eigenvalue weighted by Crippen LogP contribution is 2.76. The van der Waals surface area contributed by atoms with Crippen LogP contribution in [0.3, 0.4) is 0 Å². The van der Waals surface area contributed by atoms with Gasteiger partial charge in [-0.2, -0.15) is 24.5 Å². The fourth-order valence-corrected chi connectivity index (χ4v) is 7.72. The first kappa shape index (κ1) is 31.0. The molecule has 11 nitrogen and oxygen atoms in total. The van der Waals surface area contributed by atoms with Crippen LogP contribution >= 0.6 is 10.6 Å². The van der Waals surface area contributed by atoms with E-state index in [-0.39, 0.29) is 28.1 Å². The molecule has 1 aromatic carbocycles. The molecule has 2 aromatic heterocycles. The second-order valence-electron chi connectivity index (χ2n) is 10.6. The number of hydrogen-bond donors (Lipinski definition) is 4. The fourth-order valence-electron chi connectivity index (χ4n) is 5.30. The number of carbonyl (C=O) groups excluding carboxylic acids is 1. The van der Waals surface area contributed by atoms with E-state index < -0.39 is 40.9 Å². The summed E-state index contributed by atoms with van der Waals surface area (Å²) >= 11 is 0. The molecule has 5 rings (SSSR count). The number of aromatic nitrogens is 4. The van der Waals surface area contributed by atoms with E-state index in [1.165, 1.54) is 13.8 Å². The smallest absolute Gasteiger partial charge is 0.333 e. The monoisotopic (exact) mass is 627 g/mol. The molecule has 1 aliphatic carbocycles. The first-order chi connectivity index (χ1) is 20.3. The summed E-state index contributed by atoms with van der Waals surface area (Å²) in [5.41, 5.74) is 1.36. The van der Waals surface area contributed by atoms with Crippen molar-refractivity contribution >= 4 is 28.1 Å². The molecule has 2 fully saturated rings. The van der Waals surface area contributed by atoms with Gasteiger partial charge in [0.25, 0.3) is 6.43 Å². The number of carbonyl (C=O) groups is 1. The second-order valence-corrected chi connectivity index (χ2v) is 12.9. The summed E-state index contributed by atoms with van der Waals surface area (Å²) < 4.78 is 80.3. The Bertz CT molecular complexity index is 1480. The third-order valence-electron chi connectivity index (χ3n) is 7.64. The van der Waals surface area contributed by atoms with Crippen LogP contribution in [-0.4, -0.2) is 73.7 Å². The quantitative estimate of drug-likeness (QED) is 0.220. The zero-order valence-corrected chi connectivity index (χ0v) is 24.5. The maximum Gasteiger partial charge on any atom is 0.333 e. The van der Waals surface area contributed by atoms with Gasteiger partial charge in [-0.3, -0.25) is 9.11 Å². The van der Waals surface area contributed by atoms with Gasteiger partial charge < -0.3 is 20.3 Å². The third kappa shape index (κ3) is 6.01. The number of ether oxygens (including phenoxy) is 1. The number of halogens is 4. The lowest BCUT2D eigenvalue weighted by molar-refractivity contribution is 0.0538. The normalized spacial score (nSPS) is 18.7.